The van der Waals surface area contributed by atoms with Crippen molar-refractivity contribution in [2.24, 2.45) is 17.4 Å². The Kier molecular flexibility index (Phi) is 4.10. The van der Waals surface area contributed by atoms with Crippen LogP contribution in [-0.4, -0.2) is 25.0 Å². The van der Waals surface area contributed by atoms with Crippen molar-refractivity contribution in [3.05, 3.63) is 29.3 Å². The summed E-state index contributed by atoms with van der Waals surface area (Å²) in [5, 5.41) is 0. The lowest BCUT2D eigenvalue weighted by Gasteiger charge is -2.36. The normalized spacial score (nSPS) is 18.4. The Hall–Kier alpha value is -1.55. The van der Waals surface area contributed by atoms with E-state index < -0.39 is 0 Å². The molecular formula is C15H23N3O. The first-order chi connectivity index (χ1) is 8.99. The molecule has 1 amide bonds. The summed E-state index contributed by atoms with van der Waals surface area (Å²) in [7, 11) is 0. The number of carbonyl (C=O) groups is 1. The SMILES string of the molecule is Cc1cc(C(N)=O)ccc1N1CCC(C(C)N)CC1. The van der Waals surface area contributed by atoms with E-state index in [1.807, 2.05) is 25.1 Å². The zero-order chi connectivity index (χ0) is 14.0. The van der Waals surface area contributed by atoms with Gasteiger partial charge in [-0.05, 0) is 56.4 Å². The quantitative estimate of drug-likeness (QED) is 0.869. The lowest BCUT2D eigenvalue weighted by atomic mass is 9.90. The number of nitrogens with two attached hydrogens (primary N) is 2. The van der Waals surface area contributed by atoms with Crippen LogP contribution in [0.3, 0.4) is 0 Å². The molecule has 1 fully saturated rings. The number of hydrogen-bond acceptors (Lipinski definition) is 3. The predicted octanol–water partition coefficient (Wildman–Crippen LogP) is 1.66. The molecule has 19 heavy (non-hydrogen) atoms. The maximum atomic E-state index is 11.2. The van der Waals surface area contributed by atoms with Gasteiger partial charge in [0.25, 0.3) is 0 Å². The summed E-state index contributed by atoms with van der Waals surface area (Å²) in [4.78, 5) is 13.5. The van der Waals surface area contributed by atoms with Crippen LogP contribution < -0.4 is 16.4 Å². The van der Waals surface area contributed by atoms with Gasteiger partial charge in [-0.25, -0.2) is 0 Å². The van der Waals surface area contributed by atoms with Crippen LogP contribution in [0.15, 0.2) is 18.2 Å². The smallest absolute Gasteiger partial charge is 0.248 e. The zero-order valence-corrected chi connectivity index (χ0v) is 11.7. The van der Waals surface area contributed by atoms with Crippen molar-refractivity contribution in [3.8, 4) is 0 Å². The number of aryl methyl sites for hydroxylation is 1. The lowest BCUT2D eigenvalue weighted by Crippen LogP contribution is -2.40. The fourth-order valence-electron chi connectivity index (χ4n) is 2.83. The molecule has 1 aromatic carbocycles. The molecule has 1 unspecified atom stereocenters. The molecule has 2 rings (SSSR count). The van der Waals surface area contributed by atoms with Crippen molar-refractivity contribution < 1.29 is 4.79 Å². The molecule has 1 atom stereocenters. The third-order valence-corrected chi connectivity index (χ3v) is 4.11. The second-order valence-corrected chi connectivity index (χ2v) is 5.55. The predicted molar refractivity (Wildman–Crippen MR) is 78.3 cm³/mol. The van der Waals surface area contributed by atoms with Crippen LogP contribution in [-0.2, 0) is 0 Å². The first kappa shape index (κ1) is 13.9. The number of primary amides is 1. The lowest BCUT2D eigenvalue weighted by molar-refractivity contribution is 0.1000. The Morgan fingerprint density at radius 3 is 2.47 bits per heavy atom. The van der Waals surface area contributed by atoms with E-state index in [1.54, 1.807) is 0 Å². The molecule has 0 aromatic heterocycles. The molecule has 0 saturated carbocycles. The summed E-state index contributed by atoms with van der Waals surface area (Å²) in [5.41, 5.74) is 14.1. The number of piperidine rings is 1. The Bertz CT molecular complexity index is 462. The Morgan fingerprint density at radius 2 is 2.00 bits per heavy atom. The molecule has 4 heteroatoms. The van der Waals surface area contributed by atoms with Crippen molar-refractivity contribution in [2.75, 3.05) is 18.0 Å². The van der Waals surface area contributed by atoms with Crippen molar-refractivity contribution >= 4 is 11.6 Å². The summed E-state index contributed by atoms with van der Waals surface area (Å²) in [6, 6.07) is 5.96. The van der Waals surface area contributed by atoms with E-state index in [0.29, 0.717) is 11.5 Å². The van der Waals surface area contributed by atoms with E-state index in [-0.39, 0.29) is 11.9 Å². The highest BCUT2D eigenvalue weighted by molar-refractivity contribution is 5.93. The second-order valence-electron chi connectivity index (χ2n) is 5.55. The van der Waals surface area contributed by atoms with Crippen LogP contribution in [0.1, 0.15) is 35.7 Å². The molecule has 1 aliphatic heterocycles. The number of anilines is 1. The van der Waals surface area contributed by atoms with Gasteiger partial charge in [0.1, 0.15) is 0 Å². The first-order valence-corrected chi connectivity index (χ1v) is 6.90. The second kappa shape index (κ2) is 5.61. The van der Waals surface area contributed by atoms with Gasteiger partial charge in [0, 0.05) is 30.4 Å². The highest BCUT2D eigenvalue weighted by atomic mass is 16.1. The molecule has 1 aromatic rings. The molecule has 0 aliphatic carbocycles. The highest BCUT2D eigenvalue weighted by Gasteiger charge is 2.22. The Morgan fingerprint density at radius 1 is 1.37 bits per heavy atom. The summed E-state index contributed by atoms with van der Waals surface area (Å²) < 4.78 is 0. The van der Waals surface area contributed by atoms with Crippen LogP contribution in [0.5, 0.6) is 0 Å². The third-order valence-electron chi connectivity index (χ3n) is 4.11. The zero-order valence-electron chi connectivity index (χ0n) is 11.7. The van der Waals surface area contributed by atoms with Gasteiger partial charge < -0.3 is 16.4 Å². The summed E-state index contributed by atoms with van der Waals surface area (Å²) in [6.07, 6.45) is 2.27. The van der Waals surface area contributed by atoms with Gasteiger partial charge in [0.05, 0.1) is 0 Å². The summed E-state index contributed by atoms with van der Waals surface area (Å²) >= 11 is 0. The van der Waals surface area contributed by atoms with Gasteiger partial charge in [0.2, 0.25) is 5.91 Å². The molecule has 104 valence electrons. The molecule has 4 nitrogen and oxygen atoms in total. The molecule has 4 N–H and O–H groups in total. The van der Waals surface area contributed by atoms with Crippen LogP contribution in [0, 0.1) is 12.8 Å². The van der Waals surface area contributed by atoms with Gasteiger partial charge in [-0.1, -0.05) is 0 Å². The highest BCUT2D eigenvalue weighted by Crippen LogP contribution is 2.27. The number of rotatable bonds is 3. The molecule has 1 aliphatic rings. The minimum atomic E-state index is -0.370. The monoisotopic (exact) mass is 261 g/mol. The van der Waals surface area contributed by atoms with E-state index >= 15 is 0 Å². The van der Waals surface area contributed by atoms with Crippen molar-refractivity contribution in [2.45, 2.75) is 32.7 Å². The van der Waals surface area contributed by atoms with E-state index in [2.05, 4.69) is 11.8 Å². The number of hydrogen-bond donors (Lipinski definition) is 2. The third kappa shape index (κ3) is 3.07. The Balaban J connectivity index is 2.09. The van der Waals surface area contributed by atoms with Crippen LogP contribution in [0.25, 0.3) is 0 Å². The average Bonchev–Trinajstić information content (AvgIpc) is 2.38. The fraction of sp³-hybridized carbons (Fsp3) is 0.533. The van der Waals surface area contributed by atoms with Gasteiger partial charge in [-0.2, -0.15) is 0 Å². The van der Waals surface area contributed by atoms with Crippen LogP contribution in [0.4, 0.5) is 5.69 Å². The van der Waals surface area contributed by atoms with E-state index in [4.69, 9.17) is 11.5 Å². The van der Waals surface area contributed by atoms with Crippen LogP contribution >= 0.6 is 0 Å². The van der Waals surface area contributed by atoms with Gasteiger partial charge in [-0.15, -0.1) is 0 Å². The van der Waals surface area contributed by atoms with Crippen molar-refractivity contribution in [3.63, 3.8) is 0 Å². The molecular weight excluding hydrogens is 238 g/mol. The van der Waals surface area contributed by atoms with E-state index in [0.717, 1.165) is 31.5 Å². The number of nitrogens with zero attached hydrogens (tertiary/aromatic N) is 1. The molecule has 1 saturated heterocycles. The van der Waals surface area contributed by atoms with Crippen LogP contribution in [0.2, 0.25) is 0 Å². The largest absolute Gasteiger partial charge is 0.371 e. The summed E-state index contributed by atoms with van der Waals surface area (Å²) in [5.74, 6) is 0.256. The van der Waals surface area contributed by atoms with Crippen molar-refractivity contribution in [1.82, 2.24) is 0 Å². The minimum Gasteiger partial charge on any atom is -0.371 e. The van der Waals surface area contributed by atoms with E-state index in [1.165, 1.54) is 5.69 Å². The standard InChI is InChI=1S/C15H23N3O/c1-10-9-13(15(17)19)3-4-14(10)18-7-5-12(6-8-18)11(2)16/h3-4,9,11-12H,5-8,16H2,1-2H3,(H2,17,19). The van der Waals surface area contributed by atoms with Gasteiger partial charge in [-0.3, -0.25) is 4.79 Å². The maximum Gasteiger partial charge on any atom is 0.248 e. The molecule has 0 spiro atoms. The van der Waals surface area contributed by atoms with Gasteiger partial charge in [0.15, 0.2) is 0 Å². The molecule has 1 heterocycles. The minimum absolute atomic E-state index is 0.278. The topological polar surface area (TPSA) is 72.4 Å². The number of amides is 1. The van der Waals surface area contributed by atoms with Crippen molar-refractivity contribution in [1.29, 1.82) is 0 Å². The average molecular weight is 261 g/mol. The first-order valence-electron chi connectivity index (χ1n) is 6.90. The molecule has 0 bridgehead atoms. The van der Waals surface area contributed by atoms with E-state index in [9.17, 15) is 4.79 Å². The maximum absolute atomic E-state index is 11.2. The Labute approximate surface area is 114 Å². The number of benzene rings is 1. The molecule has 0 radical (unpaired) electrons. The van der Waals surface area contributed by atoms with Gasteiger partial charge >= 0.3 is 0 Å². The fourth-order valence-corrected chi connectivity index (χ4v) is 2.83. The number of carbonyl (C=O) groups excluding carboxylic acids is 1. The summed E-state index contributed by atoms with van der Waals surface area (Å²) in [6.45, 7) is 6.18.